The van der Waals surface area contributed by atoms with Crippen LogP contribution in [0.25, 0.3) is 112 Å². The third kappa shape index (κ3) is 10.4. The third-order valence-corrected chi connectivity index (χ3v) is 17.4. The highest BCUT2D eigenvalue weighted by atomic mass is 15.3. The molecule has 24 heteroatoms. The smallest absolute Gasteiger partial charge is 0.172 e. The molecule has 0 fully saturated rings. The molecular formula is C64H86N24. The van der Waals surface area contributed by atoms with E-state index >= 15 is 0 Å². The number of aromatic amines is 2. The van der Waals surface area contributed by atoms with Gasteiger partial charge in [-0.25, -0.2) is 69.8 Å². The first-order valence-corrected chi connectivity index (χ1v) is 32.2. The van der Waals surface area contributed by atoms with Crippen LogP contribution in [0.5, 0.6) is 0 Å². The van der Waals surface area contributed by atoms with Gasteiger partial charge in [-0.15, -0.1) is 0 Å². The maximum atomic E-state index is 5.54. The van der Waals surface area contributed by atoms with Crippen molar-refractivity contribution < 1.29 is 0 Å². The quantitative estimate of drug-likeness (QED) is 0.0572. The molecule has 9 heterocycles. The summed E-state index contributed by atoms with van der Waals surface area (Å²) in [6, 6.07) is 8.19. The van der Waals surface area contributed by atoms with Gasteiger partial charge in [0.25, 0.3) is 0 Å². The van der Waals surface area contributed by atoms with Gasteiger partial charge in [0.05, 0.1) is 22.1 Å². The number of aromatic nitrogens is 16. The van der Waals surface area contributed by atoms with E-state index in [4.69, 9.17) is 69.8 Å². The van der Waals surface area contributed by atoms with Crippen LogP contribution in [0.15, 0.2) is 24.3 Å². The summed E-state index contributed by atoms with van der Waals surface area (Å²) in [5, 5.41) is 0. The van der Waals surface area contributed by atoms with Crippen molar-refractivity contribution in [2.24, 2.45) is 0 Å². The van der Waals surface area contributed by atoms with Crippen LogP contribution in [0.1, 0.15) is 111 Å². The molecule has 0 atom stereocenters. The van der Waals surface area contributed by atoms with Crippen LogP contribution in [0, 0.1) is 0 Å². The first-order chi connectivity index (χ1) is 42.8. The minimum Gasteiger partial charge on any atom is -0.354 e. The lowest BCUT2D eigenvalue weighted by Gasteiger charge is -2.28. The highest BCUT2D eigenvalue weighted by Crippen LogP contribution is 2.43. The highest BCUT2D eigenvalue weighted by molar-refractivity contribution is 6.05. The second-order valence-electron chi connectivity index (χ2n) is 21.6. The fraction of sp³-hybridized carbons (Fsp3) is 0.500. The van der Waals surface area contributed by atoms with Crippen LogP contribution >= 0.6 is 0 Å². The average Bonchev–Trinajstić information content (AvgIpc) is 2.22. The van der Waals surface area contributed by atoms with E-state index in [0.717, 1.165) is 121 Å². The summed E-state index contributed by atoms with van der Waals surface area (Å²) in [5.41, 5.74) is 9.45. The summed E-state index contributed by atoms with van der Waals surface area (Å²) in [6.45, 7) is 46.1. The number of benzene rings is 2. The predicted octanol–water partition coefficient (Wildman–Crippen LogP) is 11.1. The zero-order valence-corrected chi connectivity index (χ0v) is 54.5. The number of hydrogen-bond donors (Lipinski definition) is 2. The first-order valence-electron chi connectivity index (χ1n) is 32.2. The first kappa shape index (κ1) is 60.7. The van der Waals surface area contributed by atoms with Gasteiger partial charge in [-0.1, -0.05) is 0 Å². The van der Waals surface area contributed by atoms with Gasteiger partial charge in [-0.3, -0.25) is 0 Å². The lowest BCUT2D eigenvalue weighted by molar-refractivity contribution is 0.807. The Labute approximate surface area is 515 Å². The van der Waals surface area contributed by atoms with Crippen molar-refractivity contribution in [3.8, 4) is 45.6 Å². The zero-order chi connectivity index (χ0) is 62.2. The zero-order valence-electron chi connectivity index (χ0n) is 54.5. The number of fused-ring (bicyclic) bond motifs is 22. The fourth-order valence-electron chi connectivity index (χ4n) is 12.3. The minimum absolute atomic E-state index is 0.396. The normalized spacial score (nSPS) is 11.9. The van der Waals surface area contributed by atoms with Crippen LogP contribution < -0.4 is 39.2 Å². The number of hydrogen-bond acceptors (Lipinski definition) is 22. The van der Waals surface area contributed by atoms with Gasteiger partial charge in [0, 0.05) is 127 Å². The van der Waals surface area contributed by atoms with Gasteiger partial charge < -0.3 is 49.2 Å². The third-order valence-electron chi connectivity index (χ3n) is 17.4. The van der Waals surface area contributed by atoms with Crippen LogP contribution in [-0.2, 0) is 0 Å². The largest absolute Gasteiger partial charge is 0.354 e. The maximum Gasteiger partial charge on any atom is 0.172 e. The monoisotopic (exact) mass is 1190 g/mol. The van der Waals surface area contributed by atoms with Crippen molar-refractivity contribution in [1.82, 2.24) is 79.7 Å². The number of H-pyrrole nitrogens is 2. The number of nitrogens with zero attached hydrogens (tertiary/aromatic N) is 22. The molecule has 7 aromatic heterocycles. The highest BCUT2D eigenvalue weighted by Gasteiger charge is 2.30. The van der Waals surface area contributed by atoms with E-state index in [1.54, 1.807) is 0 Å². The number of nitrogens with one attached hydrogen (secondary N) is 2. The van der Waals surface area contributed by atoms with Crippen molar-refractivity contribution in [1.29, 1.82) is 0 Å². The molecule has 0 amide bonds. The summed E-state index contributed by atoms with van der Waals surface area (Å²) in [5.74, 6) is 7.87. The summed E-state index contributed by atoms with van der Waals surface area (Å²) in [7, 11) is 0. The second-order valence-corrected chi connectivity index (χ2v) is 21.6. The molecular weight excluding hydrogens is 1100 g/mol. The summed E-state index contributed by atoms with van der Waals surface area (Å²) in [4.78, 5) is 102. The lowest BCUT2D eigenvalue weighted by atomic mass is 10.1. The molecule has 88 heavy (non-hydrogen) atoms. The van der Waals surface area contributed by atoms with E-state index in [2.05, 4.69) is 160 Å². The Bertz CT molecular complexity index is 3690. The van der Waals surface area contributed by atoms with Gasteiger partial charge >= 0.3 is 0 Å². The van der Waals surface area contributed by atoms with Gasteiger partial charge in [-0.2, -0.15) is 0 Å². The average molecular weight is 1190 g/mol. The molecule has 462 valence electrons. The van der Waals surface area contributed by atoms with Gasteiger partial charge in [-0.05, 0) is 135 Å². The molecule has 0 saturated heterocycles. The Kier molecular flexibility index (Phi) is 17.5. The minimum atomic E-state index is 0.396. The van der Waals surface area contributed by atoms with Crippen molar-refractivity contribution in [3.63, 3.8) is 0 Å². The summed E-state index contributed by atoms with van der Waals surface area (Å²) < 4.78 is 0. The maximum absolute atomic E-state index is 5.54. The lowest BCUT2D eigenvalue weighted by Crippen LogP contribution is -2.30. The Hall–Kier alpha value is -8.96. The molecule has 2 aliphatic heterocycles. The van der Waals surface area contributed by atoms with Crippen LogP contribution in [0.4, 0.5) is 46.5 Å². The number of anilines is 8. The molecule has 11 rings (SSSR count). The molecule has 8 bridgehead atoms. The summed E-state index contributed by atoms with van der Waals surface area (Å²) in [6.07, 6.45) is 0. The molecule has 0 radical (unpaired) electrons. The van der Waals surface area contributed by atoms with Gasteiger partial charge in [0.2, 0.25) is 0 Å². The predicted molar refractivity (Wildman–Crippen MR) is 362 cm³/mol. The second kappa shape index (κ2) is 25.4. The Morgan fingerprint density at radius 1 is 0.216 bits per heavy atom. The SMILES string of the molecule is CCN(CC)c1nc2cc3c(cc2nc1N(CC)CC)-c1nc-3nc2[nH]c(nc3nc(nc4[nH]c(n1)c1nc(N(CC)CC)c(N(CC)CC)nc41)-c1cc4nc(N(CC)CC)c(N(CC)CC)nc4cc1-3)c1nc(N(CC)CC)c(N(CC)CC)nc21. The van der Waals surface area contributed by atoms with Gasteiger partial charge in [0.1, 0.15) is 22.1 Å². The van der Waals surface area contributed by atoms with Crippen LogP contribution in [0.3, 0.4) is 0 Å². The molecule has 0 aliphatic carbocycles. The van der Waals surface area contributed by atoms with E-state index < -0.39 is 0 Å². The van der Waals surface area contributed by atoms with Crippen molar-refractivity contribution >= 4 is 113 Å². The molecule has 0 unspecified atom stereocenters. The van der Waals surface area contributed by atoms with E-state index in [1.165, 1.54) is 0 Å². The molecule has 2 aliphatic rings. The molecule has 0 spiro atoms. The van der Waals surface area contributed by atoms with Crippen molar-refractivity contribution in [2.45, 2.75) is 111 Å². The summed E-state index contributed by atoms with van der Waals surface area (Å²) >= 11 is 0. The molecule has 9 aromatic rings. The van der Waals surface area contributed by atoms with Crippen molar-refractivity contribution in [2.75, 3.05) is 144 Å². The van der Waals surface area contributed by atoms with Crippen LogP contribution in [-0.4, -0.2) is 184 Å². The van der Waals surface area contributed by atoms with Gasteiger partial charge in [0.15, 0.2) is 92.4 Å². The van der Waals surface area contributed by atoms with E-state index in [9.17, 15) is 0 Å². The number of rotatable bonds is 24. The standard InChI is InChI=1S/C64H86N24/c1-17-81(18-2)57-58(82(19-3)20-4)66-42-34-38-37(33-41(42)65-57)49-73-50(38)76-54-47-48(72-64(88(31-15)32-16)63(71-47)87(29-13)30-14)56(80-54)78-52-40-36-44-43(67-59(83(21-5)22-6)60(68-44)84(23-7)24-8)35-39(40)51(74-52)77-55-46-45(53(75-49)79-55)69-61(85(25-9)26-10)62(70-46)86(27-11)28-12/h33-36H,17-32H2,1-16H3,(H2,73,74,75,76,77,78,79,80). The Balaban J connectivity index is 1.34. The molecule has 24 nitrogen and oxygen atoms in total. The van der Waals surface area contributed by atoms with E-state index in [-0.39, 0.29) is 0 Å². The topological polar surface area (TPSA) is 238 Å². The van der Waals surface area contributed by atoms with Crippen molar-refractivity contribution in [3.05, 3.63) is 24.3 Å². The van der Waals surface area contributed by atoms with Crippen LogP contribution in [0.2, 0.25) is 0 Å². The fourth-order valence-corrected chi connectivity index (χ4v) is 12.3. The molecule has 0 saturated carbocycles. The van der Waals surface area contributed by atoms with E-state index in [1.807, 2.05) is 24.3 Å². The molecule has 2 aromatic carbocycles. The Morgan fingerprint density at radius 3 is 0.534 bits per heavy atom. The van der Waals surface area contributed by atoms with E-state index in [0.29, 0.717) is 142 Å². The Morgan fingerprint density at radius 2 is 0.375 bits per heavy atom. The molecule has 2 N–H and O–H groups in total.